The van der Waals surface area contributed by atoms with Crippen molar-refractivity contribution in [2.45, 2.75) is 38.1 Å². The van der Waals surface area contributed by atoms with Crippen molar-refractivity contribution in [1.29, 1.82) is 0 Å². The van der Waals surface area contributed by atoms with Crippen LogP contribution in [0.5, 0.6) is 0 Å². The molecule has 6 heteroatoms. The zero-order chi connectivity index (χ0) is 19.2. The van der Waals surface area contributed by atoms with E-state index in [0.717, 1.165) is 50.9 Å². The molecule has 2 fully saturated rings. The van der Waals surface area contributed by atoms with Crippen LogP contribution in [0.25, 0.3) is 0 Å². The predicted octanol–water partition coefficient (Wildman–Crippen LogP) is 2.87. The second kappa shape index (κ2) is 9.22. The number of piperidine rings is 1. The van der Waals surface area contributed by atoms with Gasteiger partial charge in [-0.25, -0.2) is 4.79 Å². The van der Waals surface area contributed by atoms with Crippen LogP contribution in [0.2, 0.25) is 0 Å². The zero-order valence-electron chi connectivity index (χ0n) is 16.6. The summed E-state index contributed by atoms with van der Waals surface area (Å²) in [5.41, 5.74) is 0.790. The predicted molar refractivity (Wildman–Crippen MR) is 108 cm³/mol. The van der Waals surface area contributed by atoms with Gasteiger partial charge in [0.2, 0.25) is 5.91 Å². The fourth-order valence-corrected chi connectivity index (χ4v) is 4.16. The normalized spacial score (nSPS) is 23.8. The molecule has 3 rings (SSSR count). The maximum Gasteiger partial charge on any atom is 0.321 e. The maximum absolute atomic E-state index is 13.1. The monoisotopic (exact) mass is 372 g/mol. The fourth-order valence-electron chi connectivity index (χ4n) is 4.16. The Bertz CT molecular complexity index is 634. The molecule has 2 atom stereocenters. The highest BCUT2D eigenvalue weighted by Gasteiger charge is 2.32. The number of rotatable bonds is 3. The summed E-state index contributed by atoms with van der Waals surface area (Å²) >= 11 is 0. The van der Waals surface area contributed by atoms with Crippen LogP contribution < -0.4 is 5.32 Å². The van der Waals surface area contributed by atoms with E-state index >= 15 is 0 Å². The molecular formula is C21H32N4O2. The van der Waals surface area contributed by atoms with Crippen molar-refractivity contribution in [3.8, 4) is 0 Å². The third kappa shape index (κ3) is 5.22. The van der Waals surface area contributed by atoms with Crippen molar-refractivity contribution in [3.63, 3.8) is 0 Å². The van der Waals surface area contributed by atoms with Gasteiger partial charge in [-0.05, 0) is 58.3 Å². The van der Waals surface area contributed by atoms with Gasteiger partial charge in [-0.3, -0.25) is 4.79 Å². The largest absolute Gasteiger partial charge is 0.342 e. The smallest absolute Gasteiger partial charge is 0.321 e. The first kappa shape index (κ1) is 19.7. The topological polar surface area (TPSA) is 55.9 Å². The van der Waals surface area contributed by atoms with Gasteiger partial charge in [-0.15, -0.1) is 0 Å². The molecule has 2 heterocycles. The molecular weight excluding hydrogens is 340 g/mol. The van der Waals surface area contributed by atoms with E-state index < -0.39 is 0 Å². The summed E-state index contributed by atoms with van der Waals surface area (Å²) < 4.78 is 0. The Morgan fingerprint density at radius 1 is 0.963 bits per heavy atom. The first-order chi connectivity index (χ1) is 13.0. The first-order valence-corrected chi connectivity index (χ1v) is 10.1. The number of para-hydroxylation sites is 1. The molecule has 0 aromatic heterocycles. The fraction of sp³-hybridized carbons (Fsp3) is 0.619. The highest BCUT2D eigenvalue weighted by atomic mass is 16.2. The number of urea groups is 1. The third-order valence-corrected chi connectivity index (χ3v) is 5.82. The number of amides is 3. The first-order valence-electron chi connectivity index (χ1n) is 10.1. The number of anilines is 1. The number of carbonyl (C=O) groups excluding carboxylic acids is 2. The summed E-state index contributed by atoms with van der Waals surface area (Å²) in [6, 6.07) is 9.93. The van der Waals surface area contributed by atoms with Gasteiger partial charge in [0.15, 0.2) is 0 Å². The summed E-state index contributed by atoms with van der Waals surface area (Å²) in [5, 5.41) is 2.94. The van der Waals surface area contributed by atoms with Crippen molar-refractivity contribution in [3.05, 3.63) is 30.3 Å². The lowest BCUT2D eigenvalue weighted by Crippen LogP contribution is -2.48. The Morgan fingerprint density at radius 3 is 2.41 bits per heavy atom. The Labute approximate surface area is 162 Å². The zero-order valence-corrected chi connectivity index (χ0v) is 16.6. The van der Waals surface area contributed by atoms with Crippen LogP contribution in [0.4, 0.5) is 10.5 Å². The molecule has 0 aliphatic carbocycles. The summed E-state index contributed by atoms with van der Waals surface area (Å²) in [6.45, 7) is 2.90. The van der Waals surface area contributed by atoms with E-state index in [9.17, 15) is 9.59 Å². The molecule has 27 heavy (non-hydrogen) atoms. The van der Waals surface area contributed by atoms with Gasteiger partial charge in [-0.1, -0.05) is 18.2 Å². The second-order valence-corrected chi connectivity index (χ2v) is 7.95. The third-order valence-electron chi connectivity index (χ3n) is 5.82. The van der Waals surface area contributed by atoms with Gasteiger partial charge in [0.05, 0.1) is 5.92 Å². The Kier molecular flexibility index (Phi) is 6.72. The van der Waals surface area contributed by atoms with Crippen LogP contribution >= 0.6 is 0 Å². The van der Waals surface area contributed by atoms with Crippen LogP contribution in [-0.2, 0) is 4.79 Å². The molecule has 1 aromatic carbocycles. The molecule has 0 saturated carbocycles. The standard InChI is InChI=1S/C21H32N4O2/c1-23(2)19-11-7-13-24(15-12-19)20(26)17-8-6-14-25(16-17)21(27)22-18-9-4-3-5-10-18/h3-5,9-10,17,19H,6-8,11-16H2,1-2H3,(H,22,27). The van der Waals surface area contributed by atoms with Crippen molar-refractivity contribution in [1.82, 2.24) is 14.7 Å². The molecule has 2 aliphatic rings. The SMILES string of the molecule is CN(C)C1CCCN(C(=O)C2CCCN(C(=O)Nc3ccccc3)C2)CC1. The van der Waals surface area contributed by atoms with Crippen LogP contribution in [0.3, 0.4) is 0 Å². The minimum absolute atomic E-state index is 0.0730. The maximum atomic E-state index is 13.1. The van der Waals surface area contributed by atoms with Crippen LogP contribution in [0.1, 0.15) is 32.1 Å². The second-order valence-electron chi connectivity index (χ2n) is 7.95. The van der Waals surface area contributed by atoms with E-state index in [2.05, 4.69) is 24.3 Å². The number of nitrogens with zero attached hydrogens (tertiary/aromatic N) is 3. The number of benzene rings is 1. The van der Waals surface area contributed by atoms with Crippen LogP contribution in [-0.4, -0.2) is 73.0 Å². The van der Waals surface area contributed by atoms with E-state index in [1.54, 1.807) is 4.90 Å². The van der Waals surface area contributed by atoms with Gasteiger partial charge >= 0.3 is 6.03 Å². The van der Waals surface area contributed by atoms with Gasteiger partial charge < -0.3 is 20.0 Å². The minimum atomic E-state index is -0.109. The average Bonchev–Trinajstić information content (AvgIpc) is 2.95. The molecule has 0 bridgehead atoms. The molecule has 2 aliphatic heterocycles. The van der Waals surface area contributed by atoms with Gasteiger partial charge in [0, 0.05) is 37.9 Å². The molecule has 6 nitrogen and oxygen atoms in total. The van der Waals surface area contributed by atoms with Crippen molar-refractivity contribution >= 4 is 17.6 Å². The molecule has 3 amide bonds. The summed E-state index contributed by atoms with van der Waals surface area (Å²) in [7, 11) is 4.24. The van der Waals surface area contributed by atoms with E-state index in [-0.39, 0.29) is 17.9 Å². The molecule has 1 N–H and O–H groups in total. The number of hydrogen-bond acceptors (Lipinski definition) is 3. The van der Waals surface area contributed by atoms with Crippen LogP contribution in [0, 0.1) is 5.92 Å². The molecule has 1 aromatic rings. The van der Waals surface area contributed by atoms with E-state index in [1.165, 1.54) is 0 Å². The lowest BCUT2D eigenvalue weighted by atomic mass is 9.96. The number of hydrogen-bond donors (Lipinski definition) is 1. The quantitative estimate of drug-likeness (QED) is 0.888. The lowest BCUT2D eigenvalue weighted by Gasteiger charge is -2.34. The molecule has 2 unspecified atom stereocenters. The number of carbonyl (C=O) groups is 2. The van der Waals surface area contributed by atoms with Crippen molar-refractivity contribution < 1.29 is 9.59 Å². The van der Waals surface area contributed by atoms with Gasteiger partial charge in [0.1, 0.15) is 0 Å². The van der Waals surface area contributed by atoms with Crippen molar-refractivity contribution in [2.75, 3.05) is 45.6 Å². The Morgan fingerprint density at radius 2 is 1.67 bits per heavy atom. The van der Waals surface area contributed by atoms with Crippen LogP contribution in [0.15, 0.2) is 30.3 Å². The summed E-state index contributed by atoms with van der Waals surface area (Å²) in [4.78, 5) is 31.7. The summed E-state index contributed by atoms with van der Waals surface area (Å²) in [5.74, 6) is 0.155. The van der Waals surface area contributed by atoms with Gasteiger partial charge in [0.25, 0.3) is 0 Å². The highest BCUT2D eigenvalue weighted by Crippen LogP contribution is 2.22. The molecule has 2 saturated heterocycles. The average molecular weight is 373 g/mol. The van der Waals surface area contributed by atoms with E-state index in [4.69, 9.17) is 0 Å². The molecule has 0 spiro atoms. The lowest BCUT2D eigenvalue weighted by molar-refractivity contribution is -0.136. The Balaban J connectivity index is 1.55. The van der Waals surface area contributed by atoms with Crippen molar-refractivity contribution in [2.24, 2.45) is 5.92 Å². The van der Waals surface area contributed by atoms with Gasteiger partial charge in [-0.2, -0.15) is 0 Å². The highest BCUT2D eigenvalue weighted by molar-refractivity contribution is 5.90. The number of nitrogens with one attached hydrogen (secondary N) is 1. The van der Waals surface area contributed by atoms with E-state index in [1.807, 2.05) is 35.2 Å². The van der Waals surface area contributed by atoms with E-state index in [0.29, 0.717) is 19.1 Å². The molecule has 0 radical (unpaired) electrons. The Hall–Kier alpha value is -2.08. The summed E-state index contributed by atoms with van der Waals surface area (Å²) in [6.07, 6.45) is 4.99. The number of likely N-dealkylation sites (tertiary alicyclic amines) is 2. The molecule has 148 valence electrons. The minimum Gasteiger partial charge on any atom is -0.342 e.